The first-order chi connectivity index (χ1) is 18.4. The zero-order valence-corrected chi connectivity index (χ0v) is 24.6. The number of nitrogens with zero attached hydrogens (tertiary/aromatic N) is 1. The Labute approximate surface area is 239 Å². The number of aromatic hydroxyl groups is 1. The van der Waals surface area contributed by atoms with Crippen LogP contribution in [0.5, 0.6) is 28.7 Å². The Morgan fingerprint density at radius 2 is 1.84 bits per heavy atom. The van der Waals surface area contributed by atoms with Crippen molar-refractivity contribution in [3.8, 4) is 28.7 Å². The standard InChI is InChI=1S/C28H26FINO5PS/c1-17-12-19(32)2-8-23(17)26(33)28-27(24-9-7-22(36-37-30)13-25(24)38-28)35-21-5-3-20(4-6-21)34-11-10-31-15-18(14-29)16-31/h2-9,12-13,18,32,37H,10-11,14-16H2,1H3. The third kappa shape index (κ3) is 6.06. The van der Waals surface area contributed by atoms with E-state index in [1.54, 1.807) is 19.1 Å². The highest BCUT2D eigenvalue weighted by Crippen LogP contribution is 2.44. The van der Waals surface area contributed by atoms with Crippen LogP contribution in [0.3, 0.4) is 0 Å². The van der Waals surface area contributed by atoms with Gasteiger partial charge in [-0.3, -0.25) is 14.1 Å². The number of phenolic OH excluding ortho intramolecular Hbond substituents is 1. The van der Waals surface area contributed by atoms with Gasteiger partial charge in [-0.2, -0.15) is 0 Å². The van der Waals surface area contributed by atoms with Crippen molar-refractivity contribution in [1.82, 2.24) is 4.90 Å². The third-order valence-electron chi connectivity index (χ3n) is 6.40. The quantitative estimate of drug-likeness (QED) is 0.102. The van der Waals surface area contributed by atoms with Crippen LogP contribution in [0.4, 0.5) is 4.39 Å². The van der Waals surface area contributed by atoms with Gasteiger partial charge in [-0.15, -0.1) is 11.3 Å². The van der Waals surface area contributed by atoms with Gasteiger partial charge in [-0.05, 0) is 95.2 Å². The molecule has 10 heteroatoms. The average Bonchev–Trinajstić information content (AvgIpc) is 3.23. The molecule has 4 aromatic rings. The van der Waals surface area contributed by atoms with Crippen molar-refractivity contribution in [2.24, 2.45) is 5.92 Å². The molecule has 1 saturated heterocycles. The second-order valence-corrected chi connectivity index (χ2v) is 11.9. The van der Waals surface area contributed by atoms with E-state index in [4.69, 9.17) is 14.0 Å². The van der Waals surface area contributed by atoms with E-state index < -0.39 is 0 Å². The Balaban J connectivity index is 1.37. The zero-order valence-electron chi connectivity index (χ0n) is 20.6. The lowest BCUT2D eigenvalue weighted by molar-refractivity contribution is 0.0668. The van der Waals surface area contributed by atoms with E-state index in [-0.39, 0.29) is 30.6 Å². The molecule has 0 amide bonds. The molecule has 198 valence electrons. The Hall–Kier alpha value is -2.46. The number of carbonyl (C=O) groups excluding carboxylic acids is 1. The number of hydrogen-bond acceptors (Lipinski definition) is 7. The Bertz CT molecular complexity index is 1440. The number of carbonyl (C=O) groups is 1. The van der Waals surface area contributed by atoms with Gasteiger partial charge in [0.25, 0.3) is 0 Å². The van der Waals surface area contributed by atoms with Crippen LogP contribution in [0.1, 0.15) is 20.8 Å². The summed E-state index contributed by atoms with van der Waals surface area (Å²) >= 11 is 3.53. The molecule has 1 aromatic heterocycles. The van der Waals surface area contributed by atoms with Crippen LogP contribution in [-0.2, 0) is 0 Å². The second kappa shape index (κ2) is 12.2. The maximum atomic E-state index is 13.6. The van der Waals surface area contributed by atoms with E-state index in [2.05, 4.69) is 26.9 Å². The fourth-order valence-corrected chi connectivity index (χ4v) is 6.50. The Kier molecular flexibility index (Phi) is 8.67. The second-order valence-electron chi connectivity index (χ2n) is 9.13. The molecule has 0 radical (unpaired) electrons. The lowest BCUT2D eigenvalue weighted by Gasteiger charge is -2.37. The number of rotatable bonds is 11. The van der Waals surface area contributed by atoms with Crippen LogP contribution < -0.4 is 14.0 Å². The number of ketones is 1. The van der Waals surface area contributed by atoms with Crippen molar-refractivity contribution in [3.63, 3.8) is 0 Å². The molecule has 1 aliphatic heterocycles. The molecular formula is C28H26FINO5PS. The summed E-state index contributed by atoms with van der Waals surface area (Å²) in [6.07, 6.45) is 0. The van der Waals surface area contributed by atoms with Crippen LogP contribution in [0.25, 0.3) is 10.1 Å². The molecule has 0 saturated carbocycles. The summed E-state index contributed by atoms with van der Waals surface area (Å²) in [6, 6.07) is 17.7. The number of benzene rings is 3. The summed E-state index contributed by atoms with van der Waals surface area (Å²) in [7, 11) is 0. The minimum absolute atomic E-state index is 0.115. The molecule has 38 heavy (non-hydrogen) atoms. The lowest BCUT2D eigenvalue weighted by Crippen LogP contribution is -2.49. The van der Waals surface area contributed by atoms with Gasteiger partial charge in [0.05, 0.1) is 6.67 Å². The first-order valence-electron chi connectivity index (χ1n) is 12.1. The number of alkyl halides is 1. The fraction of sp³-hybridized carbons (Fsp3) is 0.250. The van der Waals surface area contributed by atoms with Crippen molar-refractivity contribution in [2.75, 3.05) is 32.9 Å². The minimum Gasteiger partial charge on any atom is -0.508 e. The van der Waals surface area contributed by atoms with Gasteiger partial charge in [-0.1, -0.05) is 0 Å². The SMILES string of the molecule is Cc1cc(O)ccc1C(=O)c1sc2cc(OPI)ccc2c1Oc1ccc(OCCN2CC(CF)C2)cc1. The van der Waals surface area contributed by atoms with Crippen LogP contribution in [0.2, 0.25) is 0 Å². The van der Waals surface area contributed by atoms with E-state index in [1.807, 2.05) is 42.5 Å². The predicted molar refractivity (Wildman–Crippen MR) is 159 cm³/mol. The molecule has 5 rings (SSSR count). The first-order valence-corrected chi connectivity index (χ1v) is 16.9. The van der Waals surface area contributed by atoms with Gasteiger partial charge in [0.1, 0.15) is 40.9 Å². The van der Waals surface area contributed by atoms with Gasteiger partial charge in [0, 0.05) is 41.2 Å². The number of ether oxygens (including phenoxy) is 2. The van der Waals surface area contributed by atoms with Crippen molar-refractivity contribution >= 4 is 55.7 Å². The highest BCUT2D eigenvalue weighted by Gasteiger charge is 2.26. The number of aryl methyl sites for hydroxylation is 1. The third-order valence-corrected chi connectivity index (χ3v) is 8.51. The summed E-state index contributed by atoms with van der Waals surface area (Å²) in [5.41, 5.74) is 1.20. The van der Waals surface area contributed by atoms with Crippen molar-refractivity contribution in [1.29, 1.82) is 0 Å². The van der Waals surface area contributed by atoms with Gasteiger partial charge in [-0.25, -0.2) is 0 Å². The van der Waals surface area contributed by atoms with Crippen molar-refractivity contribution in [2.45, 2.75) is 6.92 Å². The molecule has 3 aromatic carbocycles. The van der Waals surface area contributed by atoms with E-state index in [1.165, 1.54) is 17.4 Å². The fourth-order valence-electron chi connectivity index (χ4n) is 4.41. The number of fused-ring (bicyclic) bond motifs is 1. The van der Waals surface area contributed by atoms with Gasteiger partial charge in [0.15, 0.2) is 5.75 Å². The maximum absolute atomic E-state index is 13.6. The van der Waals surface area contributed by atoms with Crippen LogP contribution in [0.15, 0.2) is 60.7 Å². The molecule has 0 aliphatic carbocycles. The maximum Gasteiger partial charge on any atom is 0.207 e. The summed E-state index contributed by atoms with van der Waals surface area (Å²) < 4.78 is 31.3. The van der Waals surface area contributed by atoms with E-state index in [0.717, 1.165) is 35.5 Å². The molecule has 1 N–H and O–H groups in total. The van der Waals surface area contributed by atoms with Gasteiger partial charge >= 0.3 is 0 Å². The van der Waals surface area contributed by atoms with E-state index >= 15 is 0 Å². The normalized spacial score (nSPS) is 14.2. The monoisotopic (exact) mass is 665 g/mol. The first kappa shape index (κ1) is 27.1. The molecule has 1 atom stereocenters. The summed E-state index contributed by atoms with van der Waals surface area (Å²) in [6.45, 7) is 4.70. The lowest BCUT2D eigenvalue weighted by atomic mass is 10.0. The van der Waals surface area contributed by atoms with E-state index in [9.17, 15) is 14.3 Å². The number of halogens is 2. The summed E-state index contributed by atoms with van der Waals surface area (Å²) in [5, 5.41) is 10.6. The van der Waals surface area contributed by atoms with Crippen LogP contribution in [0, 0.1) is 12.8 Å². The predicted octanol–water partition coefficient (Wildman–Crippen LogP) is 7.54. The largest absolute Gasteiger partial charge is 0.508 e. The van der Waals surface area contributed by atoms with Crippen LogP contribution in [-0.4, -0.2) is 48.7 Å². The molecule has 1 fully saturated rings. The van der Waals surface area contributed by atoms with Crippen molar-refractivity contribution < 1.29 is 28.3 Å². The molecule has 0 spiro atoms. The topological polar surface area (TPSA) is 68.2 Å². The highest BCUT2D eigenvalue weighted by atomic mass is 127. The molecular weight excluding hydrogens is 639 g/mol. The molecule has 2 heterocycles. The number of phenols is 1. The zero-order chi connectivity index (χ0) is 26.6. The number of thiophene rings is 1. The molecule has 6 nitrogen and oxygen atoms in total. The van der Waals surface area contributed by atoms with E-state index in [0.29, 0.717) is 39.9 Å². The Morgan fingerprint density at radius 1 is 1.11 bits per heavy atom. The summed E-state index contributed by atoms with van der Waals surface area (Å²) in [5.74, 6) is 2.63. The number of likely N-dealkylation sites (tertiary alicyclic amines) is 1. The van der Waals surface area contributed by atoms with Gasteiger partial charge in [0.2, 0.25) is 5.78 Å². The Morgan fingerprint density at radius 3 is 2.55 bits per heavy atom. The molecule has 1 aliphatic rings. The minimum atomic E-state index is -0.256. The van der Waals surface area contributed by atoms with Crippen molar-refractivity contribution in [3.05, 3.63) is 76.7 Å². The highest BCUT2D eigenvalue weighted by molar-refractivity contribution is 14.2. The molecule has 0 bridgehead atoms. The average molecular weight is 665 g/mol. The van der Waals surface area contributed by atoms with Gasteiger partial charge < -0.3 is 19.1 Å². The summed E-state index contributed by atoms with van der Waals surface area (Å²) in [4.78, 5) is 16.3. The smallest absolute Gasteiger partial charge is 0.207 e. The number of hydrogen-bond donors (Lipinski definition) is 1. The van der Waals surface area contributed by atoms with Crippen LogP contribution >= 0.6 is 39.8 Å². The molecule has 1 unspecified atom stereocenters.